The molecule has 0 aliphatic carbocycles. The molecular formula is C14H20ClFN2O2S2. The molecule has 124 valence electrons. The summed E-state index contributed by atoms with van der Waals surface area (Å²) < 4.78 is 40.7. The van der Waals surface area contributed by atoms with Crippen LogP contribution in [0.1, 0.15) is 6.42 Å². The molecule has 1 aromatic carbocycles. The first kappa shape index (κ1) is 18.0. The third-order valence-corrected chi connectivity index (χ3v) is 6.89. The van der Waals surface area contributed by atoms with Crippen molar-refractivity contribution in [1.82, 2.24) is 9.21 Å². The number of nitrogens with zero attached hydrogens (tertiary/aromatic N) is 2. The molecule has 1 aliphatic rings. The molecule has 8 heteroatoms. The second-order valence-corrected chi connectivity index (χ2v) is 8.98. The van der Waals surface area contributed by atoms with Crippen LogP contribution in [0.4, 0.5) is 4.39 Å². The Hall–Kier alpha value is -0.340. The molecule has 0 bridgehead atoms. The van der Waals surface area contributed by atoms with E-state index in [0.29, 0.717) is 13.1 Å². The highest BCUT2D eigenvalue weighted by Gasteiger charge is 2.33. The Morgan fingerprint density at radius 1 is 1.45 bits per heavy atom. The fourth-order valence-corrected chi connectivity index (χ4v) is 5.54. The fourth-order valence-electron chi connectivity index (χ4n) is 2.46. The van der Waals surface area contributed by atoms with Gasteiger partial charge in [0.2, 0.25) is 10.0 Å². The van der Waals surface area contributed by atoms with Crippen molar-refractivity contribution in [2.45, 2.75) is 17.4 Å². The minimum Gasteiger partial charge on any atom is -0.308 e. The highest BCUT2D eigenvalue weighted by molar-refractivity contribution is 7.99. The normalized spacial score (nSPS) is 21.0. The summed E-state index contributed by atoms with van der Waals surface area (Å²) in [6.45, 7) is 1.13. The standard InChI is InChI=1S/C14H20ClFN2O2S2/c1-17(2)9-11-10-21-7-3-6-18(11)22(19,20)12-4-5-14(16)13(15)8-12/h4-5,8,11H,3,6-7,9-10H2,1-2H3. The van der Waals surface area contributed by atoms with E-state index in [2.05, 4.69) is 0 Å². The Morgan fingerprint density at radius 2 is 2.18 bits per heavy atom. The van der Waals surface area contributed by atoms with Crippen LogP contribution in [0.5, 0.6) is 0 Å². The predicted molar refractivity (Wildman–Crippen MR) is 89.6 cm³/mol. The third-order valence-electron chi connectivity index (χ3n) is 3.46. The van der Waals surface area contributed by atoms with Crippen LogP contribution >= 0.6 is 23.4 Å². The van der Waals surface area contributed by atoms with E-state index in [4.69, 9.17) is 11.6 Å². The summed E-state index contributed by atoms with van der Waals surface area (Å²) in [5.41, 5.74) is 0. The lowest BCUT2D eigenvalue weighted by atomic mass is 10.3. The minimum absolute atomic E-state index is 0.0505. The predicted octanol–water partition coefficient (Wildman–Crippen LogP) is 2.54. The van der Waals surface area contributed by atoms with Gasteiger partial charge in [-0.1, -0.05) is 11.6 Å². The molecular weight excluding hydrogens is 347 g/mol. The fraction of sp³-hybridized carbons (Fsp3) is 0.571. The highest BCUT2D eigenvalue weighted by atomic mass is 35.5. The van der Waals surface area contributed by atoms with Crippen LogP contribution in [0.15, 0.2) is 23.1 Å². The average Bonchev–Trinajstić information content (AvgIpc) is 2.67. The Morgan fingerprint density at radius 3 is 2.82 bits per heavy atom. The third kappa shape index (κ3) is 4.14. The molecule has 1 saturated heterocycles. The first-order valence-corrected chi connectivity index (χ1v) is 9.99. The monoisotopic (exact) mass is 366 g/mol. The van der Waals surface area contributed by atoms with E-state index in [1.165, 1.54) is 16.4 Å². The SMILES string of the molecule is CN(C)CC1CSCCCN1S(=O)(=O)c1ccc(F)c(Cl)c1. The lowest BCUT2D eigenvalue weighted by Crippen LogP contribution is -2.46. The molecule has 1 aromatic rings. The molecule has 1 aliphatic heterocycles. The molecule has 1 atom stereocenters. The van der Waals surface area contributed by atoms with E-state index < -0.39 is 15.8 Å². The van der Waals surface area contributed by atoms with Crippen LogP contribution in [-0.4, -0.2) is 62.4 Å². The van der Waals surface area contributed by atoms with Gasteiger partial charge in [-0.25, -0.2) is 12.8 Å². The largest absolute Gasteiger partial charge is 0.308 e. The van der Waals surface area contributed by atoms with Crippen molar-refractivity contribution >= 4 is 33.4 Å². The zero-order valence-corrected chi connectivity index (χ0v) is 15.0. The van der Waals surface area contributed by atoms with E-state index in [-0.39, 0.29) is 16.0 Å². The van der Waals surface area contributed by atoms with Gasteiger partial charge in [-0.05, 0) is 44.5 Å². The summed E-state index contributed by atoms with van der Waals surface area (Å²) in [6, 6.07) is 3.47. The van der Waals surface area contributed by atoms with Gasteiger partial charge in [0.05, 0.1) is 9.92 Å². The number of sulfonamides is 1. The van der Waals surface area contributed by atoms with E-state index >= 15 is 0 Å². The molecule has 4 nitrogen and oxygen atoms in total. The molecule has 0 saturated carbocycles. The smallest absolute Gasteiger partial charge is 0.243 e. The van der Waals surface area contributed by atoms with Crippen molar-refractivity contribution in [3.05, 3.63) is 29.0 Å². The van der Waals surface area contributed by atoms with Gasteiger partial charge in [-0.3, -0.25) is 0 Å². The van der Waals surface area contributed by atoms with E-state index in [1.54, 1.807) is 11.8 Å². The topological polar surface area (TPSA) is 40.6 Å². The summed E-state index contributed by atoms with van der Waals surface area (Å²) >= 11 is 7.51. The Bertz CT molecular complexity index is 625. The molecule has 0 amide bonds. The van der Waals surface area contributed by atoms with Crippen LogP contribution in [0.2, 0.25) is 5.02 Å². The summed E-state index contributed by atoms with van der Waals surface area (Å²) in [5.74, 6) is 1.09. The first-order valence-electron chi connectivity index (χ1n) is 7.01. The summed E-state index contributed by atoms with van der Waals surface area (Å²) in [4.78, 5) is 2.03. The van der Waals surface area contributed by atoms with Gasteiger partial charge in [0.15, 0.2) is 0 Å². The van der Waals surface area contributed by atoms with Crippen molar-refractivity contribution in [3.8, 4) is 0 Å². The minimum atomic E-state index is -3.68. The molecule has 0 aromatic heterocycles. The van der Waals surface area contributed by atoms with Crippen molar-refractivity contribution in [2.24, 2.45) is 0 Å². The highest BCUT2D eigenvalue weighted by Crippen LogP contribution is 2.27. The maximum absolute atomic E-state index is 13.3. The second kappa shape index (κ2) is 7.49. The molecule has 2 rings (SSSR count). The summed E-state index contributed by atoms with van der Waals surface area (Å²) in [7, 11) is 0.174. The first-order chi connectivity index (χ1) is 10.3. The van der Waals surface area contributed by atoms with Crippen LogP contribution in [0.3, 0.4) is 0 Å². The number of halogens is 2. The number of rotatable bonds is 4. The van der Waals surface area contributed by atoms with Crippen LogP contribution in [-0.2, 0) is 10.0 Å². The molecule has 0 spiro atoms. The second-order valence-electron chi connectivity index (χ2n) is 5.54. The Balaban J connectivity index is 2.36. The van der Waals surface area contributed by atoms with Gasteiger partial charge in [0.1, 0.15) is 5.82 Å². The number of likely N-dealkylation sites (N-methyl/N-ethyl adjacent to an activating group) is 1. The molecule has 0 N–H and O–H groups in total. The molecule has 1 unspecified atom stereocenters. The maximum atomic E-state index is 13.3. The molecule has 1 heterocycles. The Labute approximate surface area is 140 Å². The van der Waals surface area contributed by atoms with Gasteiger partial charge in [-0.2, -0.15) is 16.1 Å². The number of thioether (sulfide) groups is 1. The number of hydrogen-bond acceptors (Lipinski definition) is 4. The average molecular weight is 367 g/mol. The zero-order valence-electron chi connectivity index (χ0n) is 12.6. The van der Waals surface area contributed by atoms with E-state index in [9.17, 15) is 12.8 Å². The van der Waals surface area contributed by atoms with Gasteiger partial charge >= 0.3 is 0 Å². The lowest BCUT2D eigenvalue weighted by Gasteiger charge is -2.30. The van der Waals surface area contributed by atoms with Crippen LogP contribution < -0.4 is 0 Å². The Kier molecular flexibility index (Phi) is 6.13. The van der Waals surface area contributed by atoms with Crippen LogP contribution in [0, 0.1) is 5.82 Å². The lowest BCUT2D eigenvalue weighted by molar-refractivity contribution is 0.271. The molecule has 0 radical (unpaired) electrons. The van der Waals surface area contributed by atoms with E-state index in [1.807, 2.05) is 19.0 Å². The quantitative estimate of drug-likeness (QED) is 0.821. The van der Waals surface area contributed by atoms with Gasteiger partial charge < -0.3 is 4.90 Å². The van der Waals surface area contributed by atoms with E-state index in [0.717, 1.165) is 24.0 Å². The number of hydrogen-bond donors (Lipinski definition) is 0. The van der Waals surface area contributed by atoms with Crippen LogP contribution in [0.25, 0.3) is 0 Å². The van der Waals surface area contributed by atoms with Gasteiger partial charge in [-0.15, -0.1) is 0 Å². The van der Waals surface area contributed by atoms with Gasteiger partial charge in [0.25, 0.3) is 0 Å². The van der Waals surface area contributed by atoms with Crippen molar-refractivity contribution in [3.63, 3.8) is 0 Å². The maximum Gasteiger partial charge on any atom is 0.243 e. The summed E-state index contributed by atoms with van der Waals surface area (Å²) in [6.07, 6.45) is 0.808. The van der Waals surface area contributed by atoms with Crippen molar-refractivity contribution in [1.29, 1.82) is 0 Å². The number of benzene rings is 1. The van der Waals surface area contributed by atoms with Crippen molar-refractivity contribution < 1.29 is 12.8 Å². The zero-order chi connectivity index (χ0) is 16.3. The van der Waals surface area contributed by atoms with Gasteiger partial charge in [0, 0.05) is 24.9 Å². The summed E-state index contributed by atoms with van der Waals surface area (Å²) in [5, 5.41) is -0.172. The molecule has 1 fully saturated rings. The molecule has 22 heavy (non-hydrogen) atoms. The van der Waals surface area contributed by atoms with Crippen molar-refractivity contribution in [2.75, 3.05) is 38.7 Å².